The first-order valence-corrected chi connectivity index (χ1v) is 5.00. The number of hydrogen-bond donors (Lipinski definition) is 5. The number of aliphatic hydroxyl groups excluding tert-OH is 4. The average molecular weight is 280 g/mol. The topological polar surface area (TPSA) is 164 Å². The predicted molar refractivity (Wildman–Crippen MR) is 62.4 cm³/mol. The fraction of sp³-hybridized carbons (Fsp3) is 0.545. The van der Waals surface area contributed by atoms with Gasteiger partial charge in [0.1, 0.15) is 12.2 Å². The molecule has 0 bridgehead atoms. The zero-order valence-electron chi connectivity index (χ0n) is 10.8. The van der Waals surface area contributed by atoms with Crippen LogP contribution in [0, 0.1) is 0 Å². The zero-order chi connectivity index (χ0) is 16.2. The summed E-state index contributed by atoms with van der Waals surface area (Å²) < 4.78 is 0. The largest absolute Gasteiger partial charge is 0.876 e. The first-order valence-electron chi connectivity index (χ1n) is 5.00. The Labute approximate surface area is 111 Å². The summed E-state index contributed by atoms with van der Waals surface area (Å²) in [5, 5.41) is 60.9. The van der Waals surface area contributed by atoms with Crippen molar-refractivity contribution >= 4 is 5.97 Å². The average Bonchev–Trinajstić information content (AvgIpc) is 2.24. The third-order valence-corrected chi connectivity index (χ3v) is 1.16. The van der Waals surface area contributed by atoms with E-state index in [1.54, 1.807) is 0 Å². The van der Waals surface area contributed by atoms with Crippen LogP contribution in [0.5, 0.6) is 0 Å². The molecule has 0 aromatic rings. The number of aliphatic hydroxyl groups is 4. The highest BCUT2D eigenvalue weighted by Crippen LogP contribution is 1.99. The lowest BCUT2D eigenvalue weighted by atomic mass is 10.1. The minimum Gasteiger partial charge on any atom is -0.876 e. The zero-order valence-corrected chi connectivity index (χ0v) is 10.8. The fourth-order valence-electron chi connectivity index (χ4n) is 0.465. The van der Waals surface area contributed by atoms with Crippen LogP contribution in [0.2, 0.25) is 0 Å². The van der Waals surface area contributed by atoms with E-state index in [9.17, 15) is 15.0 Å². The molecule has 3 atom stereocenters. The van der Waals surface area contributed by atoms with Crippen molar-refractivity contribution in [2.75, 3.05) is 6.61 Å². The summed E-state index contributed by atoms with van der Waals surface area (Å²) in [7, 11) is 0. The van der Waals surface area contributed by atoms with Gasteiger partial charge >= 0.3 is 5.97 Å². The van der Waals surface area contributed by atoms with Gasteiger partial charge in [-0.25, -0.2) is 4.79 Å². The van der Waals surface area contributed by atoms with E-state index >= 15 is 0 Å². The van der Waals surface area contributed by atoms with Gasteiger partial charge in [-0.2, -0.15) is 0 Å². The number of aliphatic carboxylic acids is 1. The highest BCUT2D eigenvalue weighted by molar-refractivity contribution is 5.72. The molecule has 0 unspecified atom stereocenters. The summed E-state index contributed by atoms with van der Waals surface area (Å²) in [6.07, 6.45) is -5.57. The molecule has 0 fully saturated rings. The van der Waals surface area contributed by atoms with Crippen molar-refractivity contribution < 1.29 is 40.5 Å². The summed E-state index contributed by atoms with van der Waals surface area (Å²) in [4.78, 5) is 9.96. The Bertz CT molecular complexity index is 256. The molecule has 0 aliphatic heterocycles. The lowest BCUT2D eigenvalue weighted by Crippen LogP contribution is -2.43. The van der Waals surface area contributed by atoms with E-state index < -0.39 is 30.9 Å². The Kier molecular flexibility index (Phi) is 15.2. The van der Waals surface area contributed by atoms with Crippen molar-refractivity contribution in [2.45, 2.75) is 32.2 Å². The first kappa shape index (κ1) is 22.6. The molecular formula is C11H20O8-2. The van der Waals surface area contributed by atoms with Gasteiger partial charge in [-0.3, -0.25) is 0 Å². The first-order chi connectivity index (χ1) is 8.47. The van der Waals surface area contributed by atoms with Crippen LogP contribution >= 0.6 is 0 Å². The Morgan fingerprint density at radius 2 is 1.37 bits per heavy atom. The van der Waals surface area contributed by atoms with Gasteiger partial charge < -0.3 is 35.7 Å². The van der Waals surface area contributed by atoms with E-state index in [0.717, 1.165) is 0 Å². The van der Waals surface area contributed by atoms with Crippen molar-refractivity contribution in [2.24, 2.45) is 0 Å². The molecule has 114 valence electrons. The smallest absolute Gasteiger partial charge is 0.335 e. The number of carboxylic acids is 1. The Morgan fingerprint density at radius 3 is 1.53 bits per heavy atom. The molecule has 0 aromatic heterocycles. The second-order valence-corrected chi connectivity index (χ2v) is 3.43. The molecule has 0 amide bonds. The monoisotopic (exact) mass is 280 g/mol. The van der Waals surface area contributed by atoms with Gasteiger partial charge in [-0.1, -0.05) is 13.8 Å². The summed E-state index contributed by atoms with van der Waals surface area (Å²) >= 11 is 0. The van der Waals surface area contributed by atoms with E-state index in [4.69, 9.17) is 25.5 Å². The Morgan fingerprint density at radius 1 is 1.11 bits per heavy atom. The number of hydrogen-bond acceptors (Lipinski definition) is 7. The number of carbonyl (C=O) groups is 1. The van der Waals surface area contributed by atoms with Crippen LogP contribution in [-0.4, -0.2) is 56.4 Å². The summed E-state index contributed by atoms with van der Waals surface area (Å²) in [6.45, 7) is 8.03. The molecule has 8 heteroatoms. The molecule has 5 N–H and O–H groups in total. The van der Waals surface area contributed by atoms with Crippen LogP contribution in [0.4, 0.5) is 0 Å². The molecule has 0 saturated heterocycles. The van der Waals surface area contributed by atoms with E-state index in [-0.39, 0.29) is 11.5 Å². The molecule has 0 aromatic carbocycles. The van der Waals surface area contributed by atoms with Crippen molar-refractivity contribution in [1.82, 2.24) is 0 Å². The summed E-state index contributed by atoms with van der Waals surface area (Å²) in [5.74, 6) is -1.81. The van der Waals surface area contributed by atoms with Gasteiger partial charge in [-0.05, 0) is 0 Å². The van der Waals surface area contributed by atoms with Crippen LogP contribution in [0.15, 0.2) is 24.7 Å². The molecule has 0 radical (unpaired) electrons. The third kappa shape index (κ3) is 22.1. The number of allylic oxidation sites excluding steroid dienone is 2. The Hall–Kier alpha value is -1.61. The molecule has 0 spiro atoms. The highest BCUT2D eigenvalue weighted by atomic mass is 16.4. The van der Waals surface area contributed by atoms with Crippen molar-refractivity contribution in [1.29, 1.82) is 0 Å². The number of rotatable bonds is 4. The standard InChI is InChI=1S/C5H10O6.2C3H6O/c6-1-2(7)3(8)4(9)5(10)11;2*1-3(2)4/h2-4,6-9H,1H2,(H,10,11);2*4H,1H2,2H3/p-2/t2-,3-,4-;;/m1../s1. The van der Waals surface area contributed by atoms with E-state index in [0.29, 0.717) is 0 Å². The third-order valence-electron chi connectivity index (χ3n) is 1.16. The second-order valence-electron chi connectivity index (χ2n) is 3.43. The van der Waals surface area contributed by atoms with E-state index in [2.05, 4.69) is 13.2 Å². The Balaban J connectivity index is -0.000000264. The van der Waals surface area contributed by atoms with Crippen LogP contribution in [-0.2, 0) is 4.79 Å². The minimum absolute atomic E-state index is 0.0833. The lowest BCUT2D eigenvalue weighted by molar-refractivity contribution is -0.301. The molecule has 8 nitrogen and oxygen atoms in total. The maximum Gasteiger partial charge on any atom is 0.335 e. The molecular weight excluding hydrogens is 260 g/mol. The van der Waals surface area contributed by atoms with Crippen LogP contribution in [0.25, 0.3) is 0 Å². The molecule has 0 aliphatic rings. The summed E-state index contributed by atoms with van der Waals surface area (Å²) in [6, 6.07) is 0. The van der Waals surface area contributed by atoms with Gasteiger partial charge in [0.2, 0.25) is 0 Å². The molecule has 0 heterocycles. The quantitative estimate of drug-likeness (QED) is 0.338. The maximum absolute atomic E-state index is 9.96. The maximum atomic E-state index is 9.96. The SMILES string of the molecule is C=C(C)[O-].C=C(C)[O-].O=C(O)[C@H](O)[C@H](O)[C@H](O)CO. The van der Waals surface area contributed by atoms with Gasteiger partial charge in [0.15, 0.2) is 6.10 Å². The second kappa shape index (κ2) is 12.8. The van der Waals surface area contributed by atoms with Crippen molar-refractivity contribution in [3.05, 3.63) is 24.7 Å². The van der Waals surface area contributed by atoms with Crippen molar-refractivity contribution in [3.63, 3.8) is 0 Å². The molecule has 19 heavy (non-hydrogen) atoms. The fourth-order valence-corrected chi connectivity index (χ4v) is 0.465. The molecule has 0 rings (SSSR count). The normalized spacial score (nSPS) is 13.6. The van der Waals surface area contributed by atoms with Gasteiger partial charge in [0.05, 0.1) is 6.61 Å². The predicted octanol–water partition coefficient (Wildman–Crippen LogP) is -3.09. The molecule has 0 saturated carbocycles. The van der Waals surface area contributed by atoms with Gasteiger partial charge in [-0.15, -0.1) is 24.7 Å². The van der Waals surface area contributed by atoms with Crippen LogP contribution in [0.3, 0.4) is 0 Å². The minimum atomic E-state index is -2.07. The lowest BCUT2D eigenvalue weighted by Gasteiger charge is -2.17. The molecule has 0 aliphatic carbocycles. The van der Waals surface area contributed by atoms with Crippen LogP contribution in [0.1, 0.15) is 13.8 Å². The van der Waals surface area contributed by atoms with Crippen molar-refractivity contribution in [3.8, 4) is 0 Å². The van der Waals surface area contributed by atoms with Gasteiger partial charge in [0.25, 0.3) is 0 Å². The van der Waals surface area contributed by atoms with E-state index in [1.807, 2.05) is 0 Å². The highest BCUT2D eigenvalue weighted by Gasteiger charge is 2.29. The number of carboxylic acid groups (broad SMARTS) is 1. The van der Waals surface area contributed by atoms with E-state index in [1.165, 1.54) is 13.8 Å². The van der Waals surface area contributed by atoms with Crippen LogP contribution < -0.4 is 10.2 Å². The van der Waals surface area contributed by atoms with Gasteiger partial charge in [0, 0.05) is 0 Å². The summed E-state index contributed by atoms with van der Waals surface area (Å²) in [5.41, 5.74) is 0.